The Kier molecular flexibility index (Phi) is 6.88. The molecule has 0 radical (unpaired) electrons. The van der Waals surface area contributed by atoms with Crippen molar-refractivity contribution < 1.29 is 19.1 Å². The zero-order chi connectivity index (χ0) is 20.0. The first-order valence-corrected chi connectivity index (χ1v) is 9.39. The average molecular weight is 374 g/mol. The predicted molar refractivity (Wildman–Crippen MR) is 106 cm³/mol. The molecule has 6 nitrogen and oxygen atoms in total. The number of benzene rings is 1. The zero-order valence-corrected chi connectivity index (χ0v) is 16.9. The molecule has 1 N–H and O–H groups in total. The van der Waals surface area contributed by atoms with Crippen LogP contribution in [0, 0.1) is 0 Å². The van der Waals surface area contributed by atoms with E-state index in [4.69, 9.17) is 9.47 Å². The Morgan fingerprint density at radius 2 is 1.93 bits per heavy atom. The molecular formula is C21H30N2O4. The summed E-state index contributed by atoms with van der Waals surface area (Å²) in [5, 5.41) is 3.72. The number of nitrogens with one attached hydrogen (secondary N) is 1. The first-order chi connectivity index (χ1) is 12.7. The molecule has 148 valence electrons. The summed E-state index contributed by atoms with van der Waals surface area (Å²) in [6.07, 6.45) is 3.95. The number of fused-ring (bicyclic) bond motifs is 1. The van der Waals surface area contributed by atoms with E-state index in [0.29, 0.717) is 6.42 Å². The minimum Gasteiger partial charge on any atom is -0.467 e. The van der Waals surface area contributed by atoms with E-state index in [1.807, 2.05) is 18.2 Å². The standard InChI is InChI=1S/C21H30N2O4/c1-6-7-12-23-14-15(16-10-8-9-11-18(16)23)13-17(19(24)26-5)22-20(25)27-21(2,3)4/h8-11,14,17H,6-7,12-13H2,1-5H3,(H,22,25). The Bertz CT molecular complexity index is 789. The highest BCUT2D eigenvalue weighted by molar-refractivity contribution is 5.86. The third-order valence-corrected chi connectivity index (χ3v) is 4.22. The van der Waals surface area contributed by atoms with Crippen molar-refractivity contribution in [3.05, 3.63) is 36.0 Å². The second kappa shape index (κ2) is 8.93. The fourth-order valence-corrected chi connectivity index (χ4v) is 3.00. The highest BCUT2D eigenvalue weighted by Crippen LogP contribution is 2.23. The number of carbonyl (C=O) groups excluding carboxylic acids is 2. The molecule has 27 heavy (non-hydrogen) atoms. The van der Waals surface area contributed by atoms with Crippen LogP contribution in [0.4, 0.5) is 4.79 Å². The van der Waals surface area contributed by atoms with Crippen molar-refractivity contribution in [2.45, 2.75) is 65.1 Å². The summed E-state index contributed by atoms with van der Waals surface area (Å²) in [5.41, 5.74) is 1.48. The van der Waals surface area contributed by atoms with Gasteiger partial charge in [-0.2, -0.15) is 0 Å². The van der Waals surface area contributed by atoms with Crippen LogP contribution in [-0.2, 0) is 27.2 Å². The number of methoxy groups -OCH3 is 1. The van der Waals surface area contributed by atoms with Gasteiger partial charge in [-0.25, -0.2) is 9.59 Å². The van der Waals surface area contributed by atoms with Gasteiger partial charge in [-0.1, -0.05) is 31.5 Å². The summed E-state index contributed by atoms with van der Waals surface area (Å²) in [7, 11) is 1.32. The molecule has 0 bridgehead atoms. The van der Waals surface area contributed by atoms with Crippen LogP contribution < -0.4 is 5.32 Å². The van der Waals surface area contributed by atoms with Crippen LogP contribution in [0.1, 0.15) is 46.1 Å². The normalized spacial score (nSPS) is 12.6. The Labute approximate surface area is 160 Å². The van der Waals surface area contributed by atoms with Crippen molar-refractivity contribution in [3.63, 3.8) is 0 Å². The molecule has 1 unspecified atom stereocenters. The summed E-state index contributed by atoms with van der Waals surface area (Å²) in [5.74, 6) is -0.494. The summed E-state index contributed by atoms with van der Waals surface area (Å²) < 4.78 is 12.4. The fraction of sp³-hybridized carbons (Fsp3) is 0.524. The zero-order valence-electron chi connectivity index (χ0n) is 16.9. The number of aromatic nitrogens is 1. The van der Waals surface area contributed by atoms with Gasteiger partial charge in [0.15, 0.2) is 0 Å². The number of esters is 1. The van der Waals surface area contributed by atoms with Gasteiger partial charge < -0.3 is 19.4 Å². The molecule has 2 rings (SSSR count). The van der Waals surface area contributed by atoms with Crippen LogP contribution in [0.15, 0.2) is 30.5 Å². The lowest BCUT2D eigenvalue weighted by molar-refractivity contribution is -0.143. The van der Waals surface area contributed by atoms with Crippen LogP contribution in [-0.4, -0.2) is 35.4 Å². The molecule has 0 fully saturated rings. The van der Waals surface area contributed by atoms with Crippen molar-refractivity contribution in [2.75, 3.05) is 7.11 Å². The second-order valence-electron chi connectivity index (χ2n) is 7.64. The SMILES string of the molecule is CCCCn1cc(CC(NC(=O)OC(C)(C)C)C(=O)OC)c2ccccc21. The van der Waals surface area contributed by atoms with Gasteiger partial charge in [0.1, 0.15) is 11.6 Å². The molecular weight excluding hydrogens is 344 g/mol. The molecule has 1 heterocycles. The number of carbonyl (C=O) groups is 2. The predicted octanol–water partition coefficient (Wildman–Crippen LogP) is 4.05. The molecule has 0 spiro atoms. The fourth-order valence-electron chi connectivity index (χ4n) is 3.00. The monoisotopic (exact) mass is 374 g/mol. The number of ether oxygens (including phenoxy) is 2. The van der Waals surface area contributed by atoms with Gasteiger partial charge in [0.25, 0.3) is 0 Å². The van der Waals surface area contributed by atoms with Crippen molar-refractivity contribution in [1.29, 1.82) is 0 Å². The maximum absolute atomic E-state index is 12.2. The van der Waals surface area contributed by atoms with Gasteiger partial charge in [-0.15, -0.1) is 0 Å². The number of nitrogens with zero attached hydrogens (tertiary/aromatic N) is 1. The summed E-state index contributed by atoms with van der Waals surface area (Å²) in [4.78, 5) is 24.4. The molecule has 1 amide bonds. The number of hydrogen-bond acceptors (Lipinski definition) is 4. The third-order valence-electron chi connectivity index (χ3n) is 4.22. The molecule has 0 saturated carbocycles. The maximum Gasteiger partial charge on any atom is 0.408 e. The van der Waals surface area contributed by atoms with E-state index in [-0.39, 0.29) is 0 Å². The summed E-state index contributed by atoms with van der Waals surface area (Å²) in [6, 6.07) is 7.28. The lowest BCUT2D eigenvalue weighted by Crippen LogP contribution is -2.45. The van der Waals surface area contributed by atoms with Crippen LogP contribution in [0.2, 0.25) is 0 Å². The number of unbranched alkanes of at least 4 members (excludes halogenated alkanes) is 1. The smallest absolute Gasteiger partial charge is 0.408 e. The average Bonchev–Trinajstić information content (AvgIpc) is 2.95. The Balaban J connectivity index is 2.26. The lowest BCUT2D eigenvalue weighted by Gasteiger charge is -2.22. The second-order valence-corrected chi connectivity index (χ2v) is 7.64. The number of para-hydroxylation sites is 1. The van der Waals surface area contributed by atoms with Gasteiger partial charge in [0.2, 0.25) is 0 Å². The van der Waals surface area contributed by atoms with Crippen LogP contribution in [0.3, 0.4) is 0 Å². The topological polar surface area (TPSA) is 69.6 Å². The van der Waals surface area contributed by atoms with E-state index < -0.39 is 23.7 Å². The van der Waals surface area contributed by atoms with Crippen LogP contribution >= 0.6 is 0 Å². The highest BCUT2D eigenvalue weighted by Gasteiger charge is 2.26. The Hall–Kier alpha value is -2.50. The minimum atomic E-state index is -0.810. The number of alkyl carbamates (subject to hydrolysis) is 1. The van der Waals surface area contributed by atoms with E-state index in [1.165, 1.54) is 7.11 Å². The van der Waals surface area contributed by atoms with E-state index in [2.05, 4.69) is 29.1 Å². The van der Waals surface area contributed by atoms with Crippen molar-refractivity contribution in [3.8, 4) is 0 Å². The van der Waals surface area contributed by atoms with Gasteiger partial charge >= 0.3 is 12.1 Å². The summed E-state index contributed by atoms with van der Waals surface area (Å²) in [6.45, 7) is 8.41. The van der Waals surface area contributed by atoms with Gasteiger partial charge in [0, 0.05) is 30.1 Å². The largest absolute Gasteiger partial charge is 0.467 e. The van der Waals surface area contributed by atoms with Crippen LogP contribution in [0.5, 0.6) is 0 Å². The van der Waals surface area contributed by atoms with E-state index in [0.717, 1.165) is 35.9 Å². The molecule has 1 aromatic carbocycles. The van der Waals surface area contributed by atoms with Gasteiger partial charge in [-0.3, -0.25) is 0 Å². The molecule has 0 aliphatic carbocycles. The summed E-state index contributed by atoms with van der Waals surface area (Å²) >= 11 is 0. The van der Waals surface area contributed by atoms with E-state index in [9.17, 15) is 9.59 Å². The van der Waals surface area contributed by atoms with Gasteiger partial charge in [-0.05, 0) is 38.8 Å². The molecule has 2 aromatic rings. The Morgan fingerprint density at radius 3 is 2.56 bits per heavy atom. The number of rotatable bonds is 7. The molecule has 1 aromatic heterocycles. The van der Waals surface area contributed by atoms with Gasteiger partial charge in [0.05, 0.1) is 7.11 Å². The van der Waals surface area contributed by atoms with Crippen molar-refractivity contribution in [1.82, 2.24) is 9.88 Å². The maximum atomic E-state index is 12.2. The minimum absolute atomic E-state index is 0.339. The Morgan fingerprint density at radius 1 is 1.22 bits per heavy atom. The molecule has 0 saturated heterocycles. The molecule has 6 heteroatoms. The molecule has 0 aliphatic rings. The first-order valence-electron chi connectivity index (χ1n) is 9.39. The lowest BCUT2D eigenvalue weighted by atomic mass is 10.1. The van der Waals surface area contributed by atoms with Crippen molar-refractivity contribution >= 4 is 23.0 Å². The van der Waals surface area contributed by atoms with E-state index >= 15 is 0 Å². The molecule has 0 aliphatic heterocycles. The highest BCUT2D eigenvalue weighted by atomic mass is 16.6. The number of amides is 1. The number of aryl methyl sites for hydroxylation is 1. The molecule has 1 atom stereocenters. The third kappa shape index (κ3) is 5.74. The van der Waals surface area contributed by atoms with E-state index in [1.54, 1.807) is 20.8 Å². The van der Waals surface area contributed by atoms with Crippen molar-refractivity contribution in [2.24, 2.45) is 0 Å². The quantitative estimate of drug-likeness (QED) is 0.742. The van der Waals surface area contributed by atoms with Crippen LogP contribution in [0.25, 0.3) is 10.9 Å². The first kappa shape index (κ1) is 20.8. The number of hydrogen-bond donors (Lipinski definition) is 1.